The minimum Gasteiger partial charge on any atom is -1.00 e. The molecular weight excluding hydrogens is 622 g/mol. The molecule has 0 heterocycles. The molecule has 3 heteroatoms. The van der Waals surface area contributed by atoms with Crippen molar-refractivity contribution in [2.45, 2.75) is 16.5 Å². The van der Waals surface area contributed by atoms with Gasteiger partial charge in [0.05, 0.1) is 0 Å². The summed E-state index contributed by atoms with van der Waals surface area (Å²) in [5, 5.41) is 0. The van der Waals surface area contributed by atoms with Crippen molar-refractivity contribution < 1.29 is 49.2 Å². The van der Waals surface area contributed by atoms with Gasteiger partial charge in [0.1, 0.15) is 0 Å². The van der Waals surface area contributed by atoms with Gasteiger partial charge in [-0.05, 0) is 0 Å². The molecule has 34 heavy (non-hydrogen) atoms. The molecule has 0 bridgehead atoms. The fourth-order valence-corrected chi connectivity index (χ4v) is 7.54. The summed E-state index contributed by atoms with van der Waals surface area (Å²) in [6.45, 7) is 2.37. The van der Waals surface area contributed by atoms with E-state index in [0.29, 0.717) is 9.59 Å². The predicted octanol–water partition coefficient (Wildman–Crippen LogP) is 1.94. The molecule has 0 N–H and O–H groups in total. The Kier molecular flexibility index (Phi) is 7.48. The Hall–Kier alpha value is -2.19. The molecule has 2 atom stereocenters. The fourth-order valence-electron chi connectivity index (χ4n) is 5.52. The van der Waals surface area contributed by atoms with Gasteiger partial charge in [0.25, 0.3) is 0 Å². The van der Waals surface area contributed by atoms with E-state index in [-0.39, 0.29) is 24.8 Å². The quantitative estimate of drug-likeness (QED) is 0.300. The van der Waals surface area contributed by atoms with Gasteiger partial charge < -0.3 is 24.8 Å². The van der Waals surface area contributed by atoms with Crippen LogP contribution in [-0.4, -0.2) is 0 Å². The van der Waals surface area contributed by atoms with Gasteiger partial charge >= 0.3 is 206 Å². The van der Waals surface area contributed by atoms with Gasteiger partial charge in [-0.1, -0.05) is 0 Å². The molecule has 0 saturated carbocycles. The van der Waals surface area contributed by atoms with E-state index in [2.05, 4.69) is 116 Å². The number of hydrogen-bond acceptors (Lipinski definition) is 0. The molecule has 0 nitrogen and oxygen atoms in total. The first kappa shape index (κ1) is 24.9. The van der Waals surface area contributed by atoms with Crippen molar-refractivity contribution >= 4 is 22.3 Å². The number of halogens is 2. The zero-order valence-corrected chi connectivity index (χ0v) is 23.9. The maximum Gasteiger partial charge on any atom is -1.00 e. The SMILES string of the molecule is CC1C(c2ccccc2)=C(C2=C(c3ccccc3)[CH]([Hf+2])c3ccccc32)c2ccccc21.[Cl-].[Cl-]. The van der Waals surface area contributed by atoms with Crippen LogP contribution in [-0.2, 0) is 24.4 Å². The second-order valence-corrected chi connectivity index (χ2v) is 10.7. The van der Waals surface area contributed by atoms with Crippen LogP contribution < -0.4 is 24.8 Å². The summed E-state index contributed by atoms with van der Waals surface area (Å²) in [5.41, 5.74) is 14.3. The zero-order chi connectivity index (χ0) is 21.7. The summed E-state index contributed by atoms with van der Waals surface area (Å²) in [6, 6.07) is 40.2. The Bertz CT molecular complexity index is 1280. The number of hydrogen-bond donors (Lipinski definition) is 0. The average Bonchev–Trinajstić information content (AvgIpc) is 3.31. The third-order valence-electron chi connectivity index (χ3n) is 6.92. The number of allylic oxidation sites excluding steroid dienone is 4. The van der Waals surface area contributed by atoms with E-state index in [0.717, 1.165) is 24.4 Å². The molecule has 0 aromatic heterocycles. The molecule has 4 aromatic rings. The monoisotopic (exact) mass is 645 g/mol. The normalized spacial score (nSPS) is 18.2. The van der Waals surface area contributed by atoms with Crippen molar-refractivity contribution in [3.05, 3.63) is 143 Å². The van der Waals surface area contributed by atoms with E-state index >= 15 is 0 Å². The van der Waals surface area contributed by atoms with Crippen molar-refractivity contribution in [2.75, 3.05) is 0 Å². The number of rotatable bonds is 3. The van der Waals surface area contributed by atoms with Gasteiger partial charge in [0.15, 0.2) is 0 Å². The molecule has 4 aromatic carbocycles. The van der Waals surface area contributed by atoms with Crippen LogP contribution in [0, 0.1) is 0 Å². The minimum atomic E-state index is 0. The topological polar surface area (TPSA) is 0 Å². The second-order valence-electron chi connectivity index (χ2n) is 8.64. The molecule has 6 rings (SSSR count). The van der Waals surface area contributed by atoms with Crippen LogP contribution in [0.25, 0.3) is 22.3 Å². The van der Waals surface area contributed by atoms with Crippen LogP contribution in [0.1, 0.15) is 49.9 Å². The van der Waals surface area contributed by atoms with Gasteiger partial charge in [-0.15, -0.1) is 0 Å². The van der Waals surface area contributed by atoms with Crippen LogP contribution in [0.2, 0.25) is 0 Å². The van der Waals surface area contributed by atoms with E-state index in [1.807, 2.05) is 0 Å². The summed E-state index contributed by atoms with van der Waals surface area (Å²) >= 11 is 1.09. The standard InChI is InChI=1S/C31H23.2ClH.Hf/c1-21-25-17-10-11-19-27(25)31(29(21)23-14-6-3-7-15-23)30-26-18-9-8-16-24(26)20-28(30)22-12-4-2-5-13-22;;;/h2-21H,1H3;2*1H;/q;;;+2/p-2. The number of fused-ring (bicyclic) bond motifs is 2. The summed E-state index contributed by atoms with van der Waals surface area (Å²) in [5.74, 6) is 0.369. The van der Waals surface area contributed by atoms with Gasteiger partial charge in [0.2, 0.25) is 0 Å². The Morgan fingerprint density at radius 3 is 1.50 bits per heavy atom. The van der Waals surface area contributed by atoms with Gasteiger partial charge in [0, 0.05) is 0 Å². The molecule has 0 spiro atoms. The molecule has 0 saturated heterocycles. The predicted molar refractivity (Wildman–Crippen MR) is 131 cm³/mol. The van der Waals surface area contributed by atoms with Crippen molar-refractivity contribution in [2.24, 2.45) is 0 Å². The summed E-state index contributed by atoms with van der Waals surface area (Å²) in [6.07, 6.45) is 0. The molecule has 0 radical (unpaired) electrons. The van der Waals surface area contributed by atoms with Crippen LogP contribution in [0.5, 0.6) is 0 Å². The van der Waals surface area contributed by atoms with Crippen LogP contribution >= 0.6 is 0 Å². The Labute approximate surface area is 229 Å². The maximum absolute atomic E-state index is 2.37. The van der Waals surface area contributed by atoms with E-state index in [1.165, 1.54) is 55.7 Å². The first-order chi connectivity index (χ1) is 15.8. The molecule has 0 aliphatic heterocycles. The van der Waals surface area contributed by atoms with Crippen molar-refractivity contribution in [3.63, 3.8) is 0 Å². The third-order valence-corrected chi connectivity index (χ3v) is 9.07. The Morgan fingerprint density at radius 2 is 0.912 bits per heavy atom. The Morgan fingerprint density at radius 1 is 0.500 bits per heavy atom. The average molecular weight is 645 g/mol. The van der Waals surface area contributed by atoms with Crippen LogP contribution in [0.4, 0.5) is 0 Å². The largest absolute Gasteiger partial charge is 1.00 e. The van der Waals surface area contributed by atoms with Crippen molar-refractivity contribution in [3.8, 4) is 0 Å². The van der Waals surface area contributed by atoms with E-state index in [9.17, 15) is 0 Å². The van der Waals surface area contributed by atoms with Gasteiger partial charge in [-0.2, -0.15) is 0 Å². The van der Waals surface area contributed by atoms with Gasteiger partial charge in [-0.25, -0.2) is 0 Å². The van der Waals surface area contributed by atoms with Crippen LogP contribution in [0.15, 0.2) is 109 Å². The van der Waals surface area contributed by atoms with E-state index in [1.54, 1.807) is 0 Å². The molecule has 2 aliphatic rings. The van der Waals surface area contributed by atoms with Crippen molar-refractivity contribution in [1.29, 1.82) is 0 Å². The second kappa shape index (κ2) is 10.2. The Balaban J connectivity index is 0.00000137. The zero-order valence-electron chi connectivity index (χ0n) is 18.8. The van der Waals surface area contributed by atoms with E-state index in [4.69, 9.17) is 0 Å². The summed E-state index contributed by atoms with van der Waals surface area (Å²) in [4.78, 5) is 0. The molecule has 0 amide bonds. The smallest absolute Gasteiger partial charge is 1.00 e. The molecule has 165 valence electrons. The van der Waals surface area contributed by atoms with Crippen molar-refractivity contribution in [1.82, 2.24) is 0 Å². The fraction of sp³-hybridized carbons (Fsp3) is 0.0968. The minimum absolute atomic E-state index is 0. The van der Waals surface area contributed by atoms with Crippen LogP contribution in [0.3, 0.4) is 0 Å². The first-order valence-electron chi connectivity index (χ1n) is 11.2. The first-order valence-corrected chi connectivity index (χ1v) is 13.3. The third kappa shape index (κ3) is 3.88. The molecule has 2 unspecified atom stereocenters. The van der Waals surface area contributed by atoms with Gasteiger partial charge in [-0.3, -0.25) is 0 Å². The molecule has 2 aliphatic carbocycles. The number of benzene rings is 4. The summed E-state index contributed by atoms with van der Waals surface area (Å²) < 4.78 is 0.496. The summed E-state index contributed by atoms with van der Waals surface area (Å²) in [7, 11) is 0. The molecule has 0 fully saturated rings. The molecular formula is C31H23Cl2Hf. The van der Waals surface area contributed by atoms with E-state index < -0.39 is 0 Å². The maximum atomic E-state index is 2.37.